The van der Waals surface area contributed by atoms with E-state index >= 15 is 0 Å². The average molecular weight is 445 g/mol. The fourth-order valence-corrected chi connectivity index (χ4v) is 5.24. The number of benzene rings is 1. The number of hydrogen-bond donors (Lipinski definition) is 1. The van der Waals surface area contributed by atoms with Crippen molar-refractivity contribution in [2.45, 2.75) is 51.1 Å². The lowest BCUT2D eigenvalue weighted by atomic mass is 10.2. The van der Waals surface area contributed by atoms with Gasteiger partial charge in [0.1, 0.15) is 4.83 Å². The minimum absolute atomic E-state index is 0.0359. The lowest BCUT2D eigenvalue weighted by molar-refractivity contribution is -0.115. The first-order valence-corrected chi connectivity index (χ1v) is 11.6. The molecule has 1 unspecified atom stereocenters. The lowest BCUT2D eigenvalue weighted by Crippen LogP contribution is -2.28. The summed E-state index contributed by atoms with van der Waals surface area (Å²) in [6.07, 6.45) is 0. The van der Waals surface area contributed by atoms with Crippen LogP contribution in [0.3, 0.4) is 0 Å². The van der Waals surface area contributed by atoms with E-state index in [1.165, 1.54) is 23.1 Å². The molecule has 0 saturated heterocycles. The number of rotatable bonds is 6. The maximum atomic E-state index is 13.2. The first-order valence-electron chi connectivity index (χ1n) is 9.87. The van der Waals surface area contributed by atoms with Gasteiger partial charge in [-0.3, -0.25) is 14.2 Å². The first-order chi connectivity index (χ1) is 14.1. The van der Waals surface area contributed by atoms with Crippen molar-refractivity contribution in [2.75, 3.05) is 24.3 Å². The number of aromatic nitrogens is 2. The summed E-state index contributed by atoms with van der Waals surface area (Å²) >= 11 is 2.84. The molecule has 6 nitrogen and oxygen atoms in total. The summed E-state index contributed by atoms with van der Waals surface area (Å²) in [6, 6.07) is 7.64. The molecule has 0 aliphatic carbocycles. The number of carbonyl (C=O) groups is 1. The molecule has 2 heterocycles. The molecular formula is C22H28N4O2S2. The number of anilines is 2. The van der Waals surface area contributed by atoms with E-state index in [0.29, 0.717) is 10.5 Å². The zero-order chi connectivity index (χ0) is 22.2. The number of nitrogens with zero attached hydrogens (tertiary/aromatic N) is 3. The van der Waals surface area contributed by atoms with Crippen LogP contribution >= 0.6 is 23.1 Å². The standard InChI is InChI=1S/C22H28N4O2S2/c1-12(2)26-21(28)18-13(3)14(4)29-20(18)24-22(26)30-15(5)19(27)23-16-8-10-17(11-9-16)25(6)7/h8-12,15H,1-7H3,(H,23,27). The predicted octanol–water partition coefficient (Wildman–Crippen LogP) is 4.84. The van der Waals surface area contributed by atoms with Crippen molar-refractivity contribution in [1.29, 1.82) is 0 Å². The summed E-state index contributed by atoms with van der Waals surface area (Å²) in [5.41, 5.74) is 2.76. The molecule has 1 aromatic carbocycles. The van der Waals surface area contributed by atoms with E-state index in [2.05, 4.69) is 5.32 Å². The fourth-order valence-electron chi connectivity index (χ4n) is 3.12. The van der Waals surface area contributed by atoms with Crippen LogP contribution in [0.2, 0.25) is 0 Å². The molecule has 0 bridgehead atoms. The topological polar surface area (TPSA) is 67.2 Å². The molecule has 30 heavy (non-hydrogen) atoms. The number of thiophene rings is 1. The van der Waals surface area contributed by atoms with E-state index in [4.69, 9.17) is 4.98 Å². The van der Waals surface area contributed by atoms with Crippen LogP contribution in [0.5, 0.6) is 0 Å². The molecule has 2 aromatic heterocycles. The third kappa shape index (κ3) is 4.39. The Morgan fingerprint density at radius 3 is 2.37 bits per heavy atom. The fraction of sp³-hybridized carbons (Fsp3) is 0.409. The number of fused-ring (bicyclic) bond motifs is 1. The van der Waals surface area contributed by atoms with Gasteiger partial charge in [0.15, 0.2) is 5.16 Å². The molecule has 8 heteroatoms. The number of hydrogen-bond acceptors (Lipinski definition) is 6. The Hall–Kier alpha value is -2.32. The Labute approximate surface area is 185 Å². The average Bonchev–Trinajstić information content (AvgIpc) is 2.95. The lowest BCUT2D eigenvalue weighted by Gasteiger charge is -2.18. The van der Waals surface area contributed by atoms with Crippen LogP contribution < -0.4 is 15.8 Å². The van der Waals surface area contributed by atoms with Crippen LogP contribution in [0.25, 0.3) is 10.2 Å². The second kappa shape index (κ2) is 8.81. The van der Waals surface area contributed by atoms with Crippen molar-refractivity contribution in [2.24, 2.45) is 0 Å². The van der Waals surface area contributed by atoms with Gasteiger partial charge < -0.3 is 10.2 Å². The van der Waals surface area contributed by atoms with Crippen LogP contribution in [0.15, 0.2) is 34.2 Å². The normalized spacial score (nSPS) is 12.4. The van der Waals surface area contributed by atoms with E-state index in [1.54, 1.807) is 4.57 Å². The van der Waals surface area contributed by atoms with Gasteiger partial charge in [0.05, 0.1) is 10.6 Å². The largest absolute Gasteiger partial charge is 0.378 e. The highest BCUT2D eigenvalue weighted by Gasteiger charge is 2.22. The number of thioether (sulfide) groups is 1. The molecule has 0 saturated carbocycles. The predicted molar refractivity (Wildman–Crippen MR) is 128 cm³/mol. The van der Waals surface area contributed by atoms with E-state index in [1.807, 2.05) is 77.9 Å². The minimum Gasteiger partial charge on any atom is -0.378 e. The Morgan fingerprint density at radius 1 is 1.17 bits per heavy atom. The zero-order valence-corrected chi connectivity index (χ0v) is 20.1. The van der Waals surface area contributed by atoms with Crippen molar-refractivity contribution in [1.82, 2.24) is 9.55 Å². The van der Waals surface area contributed by atoms with Crippen molar-refractivity contribution >= 4 is 50.6 Å². The Kier molecular flexibility index (Phi) is 6.57. The third-order valence-electron chi connectivity index (χ3n) is 5.02. The molecule has 1 atom stereocenters. The SMILES string of the molecule is Cc1sc2nc(SC(C)C(=O)Nc3ccc(N(C)C)cc3)n(C(C)C)c(=O)c2c1C. The molecule has 0 fully saturated rings. The molecule has 3 rings (SSSR count). The summed E-state index contributed by atoms with van der Waals surface area (Å²) in [7, 11) is 3.95. The van der Waals surface area contributed by atoms with Gasteiger partial charge in [-0.25, -0.2) is 4.98 Å². The van der Waals surface area contributed by atoms with Gasteiger partial charge in [-0.1, -0.05) is 11.8 Å². The third-order valence-corrected chi connectivity index (χ3v) is 7.19. The summed E-state index contributed by atoms with van der Waals surface area (Å²) < 4.78 is 1.70. The van der Waals surface area contributed by atoms with Gasteiger partial charge in [0, 0.05) is 36.4 Å². The quantitative estimate of drug-likeness (QED) is 0.435. The van der Waals surface area contributed by atoms with Crippen LogP contribution in [0.1, 0.15) is 37.3 Å². The Morgan fingerprint density at radius 2 is 1.80 bits per heavy atom. The first kappa shape index (κ1) is 22.4. The molecule has 0 spiro atoms. The monoisotopic (exact) mass is 444 g/mol. The van der Waals surface area contributed by atoms with Crippen LogP contribution in [0, 0.1) is 13.8 Å². The van der Waals surface area contributed by atoms with Crippen molar-refractivity contribution in [3.8, 4) is 0 Å². The number of amides is 1. The zero-order valence-electron chi connectivity index (χ0n) is 18.4. The Balaban J connectivity index is 1.86. The molecule has 0 radical (unpaired) electrons. The van der Waals surface area contributed by atoms with Crippen molar-refractivity contribution < 1.29 is 4.79 Å². The number of nitrogens with one attached hydrogen (secondary N) is 1. The maximum absolute atomic E-state index is 13.2. The van der Waals surface area contributed by atoms with Gasteiger partial charge in [-0.15, -0.1) is 11.3 Å². The summed E-state index contributed by atoms with van der Waals surface area (Å²) in [4.78, 5) is 34.5. The van der Waals surface area contributed by atoms with Crippen molar-refractivity contribution in [3.05, 3.63) is 45.1 Å². The number of aryl methyl sites for hydroxylation is 2. The summed E-state index contributed by atoms with van der Waals surface area (Å²) in [6.45, 7) is 9.73. The molecule has 3 aromatic rings. The minimum atomic E-state index is -0.407. The van der Waals surface area contributed by atoms with Gasteiger partial charge in [0.25, 0.3) is 5.56 Å². The van der Waals surface area contributed by atoms with E-state index in [-0.39, 0.29) is 17.5 Å². The smallest absolute Gasteiger partial charge is 0.263 e. The number of carbonyl (C=O) groups excluding carboxylic acids is 1. The van der Waals surface area contributed by atoms with Gasteiger partial charge in [-0.2, -0.15) is 0 Å². The molecule has 0 aliphatic heterocycles. The van der Waals surface area contributed by atoms with Crippen LogP contribution in [0.4, 0.5) is 11.4 Å². The van der Waals surface area contributed by atoms with Crippen molar-refractivity contribution in [3.63, 3.8) is 0 Å². The van der Waals surface area contributed by atoms with Crippen LogP contribution in [-0.4, -0.2) is 34.8 Å². The molecule has 1 N–H and O–H groups in total. The highest BCUT2D eigenvalue weighted by atomic mass is 32.2. The second-order valence-corrected chi connectivity index (χ2v) is 10.3. The molecule has 160 valence electrons. The van der Waals surface area contributed by atoms with Gasteiger partial charge in [0.2, 0.25) is 5.91 Å². The molecule has 1 amide bonds. The van der Waals surface area contributed by atoms with E-state index in [0.717, 1.165) is 26.6 Å². The van der Waals surface area contributed by atoms with Crippen LogP contribution in [-0.2, 0) is 4.79 Å². The highest BCUT2D eigenvalue weighted by molar-refractivity contribution is 8.00. The summed E-state index contributed by atoms with van der Waals surface area (Å²) in [5, 5.41) is 3.81. The Bertz CT molecular complexity index is 1130. The van der Waals surface area contributed by atoms with Gasteiger partial charge in [-0.05, 0) is 64.4 Å². The van der Waals surface area contributed by atoms with E-state index < -0.39 is 5.25 Å². The molecule has 0 aliphatic rings. The van der Waals surface area contributed by atoms with Gasteiger partial charge >= 0.3 is 0 Å². The second-order valence-electron chi connectivity index (χ2n) is 7.82. The van der Waals surface area contributed by atoms with E-state index in [9.17, 15) is 9.59 Å². The summed E-state index contributed by atoms with van der Waals surface area (Å²) in [5.74, 6) is -0.124. The molecular weight excluding hydrogens is 416 g/mol. The highest BCUT2D eigenvalue weighted by Crippen LogP contribution is 2.31. The maximum Gasteiger partial charge on any atom is 0.263 e.